The summed E-state index contributed by atoms with van der Waals surface area (Å²) < 4.78 is 7.64. The highest BCUT2D eigenvalue weighted by atomic mass is 35.5. The Hall–Kier alpha value is -3.39. The van der Waals surface area contributed by atoms with Gasteiger partial charge in [-0.15, -0.1) is 24.8 Å². The summed E-state index contributed by atoms with van der Waals surface area (Å²) in [5.41, 5.74) is 3.99. The zero-order valence-electron chi connectivity index (χ0n) is 23.0. The average Bonchev–Trinajstić information content (AvgIpc) is 2.96. The first-order valence-electron chi connectivity index (χ1n) is 13.2. The molecular formula is C31H38Cl2N4O3. The first kappa shape index (κ1) is 32.8. The van der Waals surface area contributed by atoms with Crippen molar-refractivity contribution in [3.8, 4) is 5.75 Å². The number of amides is 1. The van der Waals surface area contributed by atoms with Crippen molar-refractivity contribution in [2.45, 2.75) is 32.2 Å². The number of carbonyl (C=O) groups excluding carboxylic acids is 1. The molecule has 1 N–H and O–H groups in total. The van der Waals surface area contributed by atoms with E-state index in [1.807, 2.05) is 60.8 Å². The number of unbranched alkanes of at least 4 members (excludes halogenated alkanes) is 2. The minimum atomic E-state index is -0.0681. The lowest BCUT2D eigenvalue weighted by molar-refractivity contribution is 0.0963. The molecule has 0 aliphatic heterocycles. The summed E-state index contributed by atoms with van der Waals surface area (Å²) in [6.45, 7) is 3.43. The number of nitrogens with one attached hydrogen (secondary N) is 1. The molecule has 1 amide bonds. The van der Waals surface area contributed by atoms with Gasteiger partial charge in [0.25, 0.3) is 11.5 Å². The Kier molecular flexibility index (Phi) is 13.7. The maximum absolute atomic E-state index is 11.9. The molecule has 4 aromatic rings. The number of carbonyl (C=O) groups is 1. The van der Waals surface area contributed by atoms with Crippen LogP contribution in [0.25, 0.3) is 10.9 Å². The van der Waals surface area contributed by atoms with E-state index in [-0.39, 0.29) is 36.3 Å². The number of hydrogen-bond acceptors (Lipinski definition) is 5. The summed E-state index contributed by atoms with van der Waals surface area (Å²) in [5, 5.41) is 3.67. The van der Waals surface area contributed by atoms with Crippen LogP contribution < -0.4 is 15.6 Å². The number of fused-ring (bicyclic) bond motifs is 1. The molecule has 0 unspecified atom stereocenters. The fraction of sp³-hybridized carbons (Fsp3) is 0.323. The van der Waals surface area contributed by atoms with E-state index < -0.39 is 0 Å². The van der Waals surface area contributed by atoms with E-state index in [2.05, 4.69) is 21.3 Å². The number of hydrogen-bond donors (Lipinski definition) is 1. The molecule has 40 heavy (non-hydrogen) atoms. The number of aryl methyl sites for hydroxylation is 1. The van der Waals surface area contributed by atoms with Crippen LogP contribution in [0.5, 0.6) is 5.75 Å². The van der Waals surface area contributed by atoms with Crippen LogP contribution in [0.2, 0.25) is 0 Å². The number of rotatable bonds is 13. The molecule has 9 heteroatoms. The van der Waals surface area contributed by atoms with Crippen molar-refractivity contribution in [3.05, 3.63) is 106 Å². The Labute approximate surface area is 248 Å². The summed E-state index contributed by atoms with van der Waals surface area (Å²) in [6, 6.07) is 21.2. The van der Waals surface area contributed by atoms with Gasteiger partial charge in [-0.25, -0.2) is 0 Å². The molecule has 0 aliphatic carbocycles. The number of aromatic nitrogens is 2. The maximum atomic E-state index is 11.9. The highest BCUT2D eigenvalue weighted by Crippen LogP contribution is 2.20. The summed E-state index contributed by atoms with van der Waals surface area (Å²) in [7, 11) is 3.43. The van der Waals surface area contributed by atoms with Crippen LogP contribution in [0, 0.1) is 0 Å². The van der Waals surface area contributed by atoms with Crippen LogP contribution in [0.15, 0.2) is 83.9 Å². The predicted molar refractivity (Wildman–Crippen MR) is 166 cm³/mol. The van der Waals surface area contributed by atoms with Crippen molar-refractivity contribution in [3.63, 3.8) is 0 Å². The molecule has 0 fully saturated rings. The third-order valence-corrected chi connectivity index (χ3v) is 6.77. The Bertz CT molecular complexity index is 1400. The highest BCUT2D eigenvalue weighted by Gasteiger charge is 2.09. The molecule has 4 rings (SSSR count). The van der Waals surface area contributed by atoms with Gasteiger partial charge in [0.2, 0.25) is 0 Å². The van der Waals surface area contributed by atoms with E-state index in [1.54, 1.807) is 30.9 Å². The number of ether oxygens (including phenoxy) is 1. The topological polar surface area (TPSA) is 76.5 Å². The Morgan fingerprint density at radius 1 is 0.950 bits per heavy atom. The second kappa shape index (κ2) is 16.7. The Morgan fingerprint density at radius 2 is 1.75 bits per heavy atom. The van der Waals surface area contributed by atoms with Gasteiger partial charge in [0, 0.05) is 56.6 Å². The van der Waals surface area contributed by atoms with Crippen molar-refractivity contribution in [2.24, 2.45) is 7.05 Å². The molecule has 0 atom stereocenters. The Balaban J connectivity index is 0.00000280. The summed E-state index contributed by atoms with van der Waals surface area (Å²) in [6.07, 6.45) is 7.80. The number of pyridine rings is 2. The second-order valence-electron chi connectivity index (χ2n) is 9.52. The summed E-state index contributed by atoms with van der Waals surface area (Å²) in [5.74, 6) is 0.760. The van der Waals surface area contributed by atoms with Crippen molar-refractivity contribution < 1.29 is 9.53 Å². The van der Waals surface area contributed by atoms with Gasteiger partial charge in [0.1, 0.15) is 5.75 Å². The van der Waals surface area contributed by atoms with Crippen LogP contribution in [0.4, 0.5) is 0 Å². The predicted octanol–water partition coefficient (Wildman–Crippen LogP) is 5.43. The first-order chi connectivity index (χ1) is 18.5. The van der Waals surface area contributed by atoms with Gasteiger partial charge in [-0.05, 0) is 85.8 Å². The molecule has 0 spiro atoms. The molecule has 7 nitrogen and oxygen atoms in total. The van der Waals surface area contributed by atoms with Crippen molar-refractivity contribution in [1.29, 1.82) is 0 Å². The maximum Gasteiger partial charge on any atom is 0.251 e. The number of nitrogens with zero attached hydrogens (tertiary/aromatic N) is 3. The zero-order chi connectivity index (χ0) is 26.7. The van der Waals surface area contributed by atoms with Gasteiger partial charge in [0.15, 0.2) is 0 Å². The molecule has 2 heterocycles. The normalized spacial score (nSPS) is 10.6. The van der Waals surface area contributed by atoms with Gasteiger partial charge in [-0.1, -0.05) is 18.2 Å². The van der Waals surface area contributed by atoms with Crippen LogP contribution in [-0.2, 0) is 20.0 Å². The number of benzene rings is 2. The minimum Gasteiger partial charge on any atom is -0.494 e. The largest absolute Gasteiger partial charge is 0.494 e. The van der Waals surface area contributed by atoms with Gasteiger partial charge in [-0.3, -0.25) is 19.5 Å². The third kappa shape index (κ3) is 9.37. The molecule has 0 radical (unpaired) electrons. The fourth-order valence-corrected chi connectivity index (χ4v) is 4.52. The average molecular weight is 586 g/mol. The lowest BCUT2D eigenvalue weighted by Gasteiger charge is -2.22. The summed E-state index contributed by atoms with van der Waals surface area (Å²) >= 11 is 0. The van der Waals surface area contributed by atoms with Gasteiger partial charge >= 0.3 is 0 Å². The molecule has 214 valence electrons. The second-order valence-corrected chi connectivity index (χ2v) is 9.52. The lowest BCUT2D eigenvalue weighted by atomic mass is 10.1. The molecular weight excluding hydrogens is 547 g/mol. The van der Waals surface area contributed by atoms with Crippen LogP contribution >= 0.6 is 24.8 Å². The lowest BCUT2D eigenvalue weighted by Crippen LogP contribution is -2.27. The van der Waals surface area contributed by atoms with Gasteiger partial charge < -0.3 is 14.6 Å². The SMILES string of the molecule is CNC(=O)c1ccc(CN(CCCCCOc2ccc3c(ccc(=O)n3C)c2)CCc2cccnc2)cc1.Cl.Cl. The van der Waals surface area contributed by atoms with E-state index in [9.17, 15) is 9.59 Å². The quantitative estimate of drug-likeness (QED) is 0.212. The molecule has 2 aromatic carbocycles. The van der Waals surface area contributed by atoms with E-state index in [0.29, 0.717) is 12.2 Å². The van der Waals surface area contributed by atoms with Gasteiger partial charge in [0.05, 0.1) is 12.1 Å². The summed E-state index contributed by atoms with van der Waals surface area (Å²) in [4.78, 5) is 30.4. The van der Waals surface area contributed by atoms with E-state index >= 15 is 0 Å². The van der Waals surface area contributed by atoms with Crippen LogP contribution in [-0.4, -0.2) is 47.1 Å². The standard InChI is InChI=1S/C31H36N4O3.2ClH/c1-32-31(37)26-10-8-25(9-11-26)23-35(19-16-24-7-6-17-33-22-24)18-4-3-5-20-38-28-13-14-29-27(21-28)12-15-30(36)34(29)2;;/h6-15,17,21-22H,3-5,16,18-20,23H2,1-2H3,(H,32,37);2*1H. The first-order valence-corrected chi connectivity index (χ1v) is 13.2. The smallest absolute Gasteiger partial charge is 0.251 e. The molecule has 0 bridgehead atoms. The van der Waals surface area contributed by atoms with Crippen molar-refractivity contribution in [1.82, 2.24) is 19.8 Å². The van der Waals surface area contributed by atoms with Crippen molar-refractivity contribution >= 4 is 41.6 Å². The molecule has 0 saturated heterocycles. The van der Waals surface area contributed by atoms with Gasteiger partial charge in [-0.2, -0.15) is 0 Å². The van der Waals surface area contributed by atoms with Crippen LogP contribution in [0.1, 0.15) is 40.7 Å². The zero-order valence-corrected chi connectivity index (χ0v) is 24.7. The van der Waals surface area contributed by atoms with Crippen molar-refractivity contribution in [2.75, 3.05) is 26.7 Å². The third-order valence-electron chi connectivity index (χ3n) is 6.77. The molecule has 2 aromatic heterocycles. The van der Waals surface area contributed by atoms with E-state index in [1.165, 1.54) is 11.1 Å². The highest BCUT2D eigenvalue weighted by molar-refractivity contribution is 5.93. The van der Waals surface area contributed by atoms with E-state index in [0.717, 1.165) is 62.0 Å². The molecule has 0 aliphatic rings. The number of halogens is 2. The minimum absolute atomic E-state index is 0. The van der Waals surface area contributed by atoms with E-state index in [4.69, 9.17) is 4.74 Å². The monoisotopic (exact) mass is 584 g/mol. The van der Waals surface area contributed by atoms with Crippen LogP contribution in [0.3, 0.4) is 0 Å². The molecule has 0 saturated carbocycles. The fourth-order valence-electron chi connectivity index (χ4n) is 4.52. The Morgan fingerprint density at radius 3 is 2.48 bits per heavy atom.